The second-order valence-corrected chi connectivity index (χ2v) is 5.02. The topological polar surface area (TPSA) is 59.1 Å². The molecule has 1 saturated heterocycles. The van der Waals surface area contributed by atoms with Crippen molar-refractivity contribution in [2.45, 2.75) is 32.4 Å². The lowest BCUT2D eigenvalue weighted by Gasteiger charge is -2.14. The molecule has 3 rings (SSSR count). The summed E-state index contributed by atoms with van der Waals surface area (Å²) < 4.78 is 2.08. The number of hydrogen-bond donors (Lipinski definition) is 2. The maximum atomic E-state index is 6.25. The van der Waals surface area contributed by atoms with Gasteiger partial charge in [-0.1, -0.05) is 6.92 Å². The van der Waals surface area contributed by atoms with Crippen LogP contribution in [0.2, 0.25) is 0 Å². The third-order valence-electron chi connectivity index (χ3n) is 4.02. The fraction of sp³-hybridized carbons (Fsp3) is 0.750. The van der Waals surface area contributed by atoms with Gasteiger partial charge in [0.1, 0.15) is 5.82 Å². The molecular weight excluding hydrogens is 214 g/mol. The Bertz CT molecular complexity index is 411. The Morgan fingerprint density at radius 3 is 3.12 bits per heavy atom. The number of likely N-dealkylation sites (tertiary alicyclic amines) is 1. The summed E-state index contributed by atoms with van der Waals surface area (Å²) >= 11 is 0. The summed E-state index contributed by atoms with van der Waals surface area (Å²) in [6, 6.07) is 0.473. The highest BCUT2D eigenvalue weighted by Crippen LogP contribution is 2.28. The first-order valence-corrected chi connectivity index (χ1v) is 6.58. The monoisotopic (exact) mass is 235 g/mol. The largest absolute Gasteiger partial charge is 0.384 e. The fourth-order valence-corrected chi connectivity index (χ4v) is 2.94. The number of likely N-dealkylation sites (N-methyl/N-ethyl adjacent to an activating group) is 1. The van der Waals surface area contributed by atoms with Crippen molar-refractivity contribution in [3.8, 4) is 0 Å². The van der Waals surface area contributed by atoms with Gasteiger partial charge in [-0.05, 0) is 25.9 Å². The van der Waals surface area contributed by atoms with Crippen LogP contribution in [-0.2, 0) is 13.0 Å². The van der Waals surface area contributed by atoms with E-state index in [2.05, 4.69) is 21.8 Å². The maximum Gasteiger partial charge on any atom is 0.125 e. The highest BCUT2D eigenvalue weighted by atomic mass is 15.4. The summed E-state index contributed by atoms with van der Waals surface area (Å²) in [5.74, 6) is 0.907. The van der Waals surface area contributed by atoms with Crippen LogP contribution in [0.25, 0.3) is 0 Å². The normalized spacial score (nSPS) is 25.1. The number of rotatable bonds is 2. The Balaban J connectivity index is 1.86. The summed E-state index contributed by atoms with van der Waals surface area (Å²) in [5, 5.41) is 8.05. The Morgan fingerprint density at radius 1 is 1.53 bits per heavy atom. The zero-order valence-corrected chi connectivity index (χ0v) is 10.4. The second kappa shape index (κ2) is 4.31. The van der Waals surface area contributed by atoms with Gasteiger partial charge in [0.25, 0.3) is 0 Å². The van der Waals surface area contributed by atoms with Crippen LogP contribution in [0.4, 0.5) is 5.82 Å². The SMILES string of the molecule is CCN1CCC(n2nc3c(c2N)CCNC3)C1. The van der Waals surface area contributed by atoms with Gasteiger partial charge in [0.15, 0.2) is 0 Å². The smallest absolute Gasteiger partial charge is 0.125 e. The van der Waals surface area contributed by atoms with Crippen LogP contribution < -0.4 is 11.1 Å². The van der Waals surface area contributed by atoms with E-state index in [1.165, 1.54) is 18.5 Å². The molecular formula is C12H21N5. The Hall–Kier alpha value is -1.07. The fourth-order valence-electron chi connectivity index (χ4n) is 2.94. The van der Waals surface area contributed by atoms with E-state index in [1.807, 2.05) is 0 Å². The molecule has 1 aromatic heterocycles. The van der Waals surface area contributed by atoms with Crippen LogP contribution in [0.3, 0.4) is 0 Å². The number of nitrogens with two attached hydrogens (primary N) is 1. The molecule has 3 heterocycles. The van der Waals surface area contributed by atoms with Gasteiger partial charge >= 0.3 is 0 Å². The summed E-state index contributed by atoms with van der Waals surface area (Å²) in [5.41, 5.74) is 8.68. The van der Waals surface area contributed by atoms with Crippen molar-refractivity contribution in [2.75, 3.05) is 31.9 Å². The van der Waals surface area contributed by atoms with Crippen LogP contribution in [0.15, 0.2) is 0 Å². The summed E-state index contributed by atoms with van der Waals surface area (Å²) in [4.78, 5) is 2.46. The molecule has 0 bridgehead atoms. The first-order chi connectivity index (χ1) is 8.29. The molecule has 0 saturated carbocycles. The van der Waals surface area contributed by atoms with Gasteiger partial charge in [0, 0.05) is 25.2 Å². The predicted molar refractivity (Wildman–Crippen MR) is 67.8 cm³/mol. The number of aromatic nitrogens is 2. The number of nitrogens with one attached hydrogen (secondary N) is 1. The highest BCUT2D eigenvalue weighted by molar-refractivity contribution is 5.45. The molecule has 0 spiro atoms. The zero-order valence-electron chi connectivity index (χ0n) is 10.4. The van der Waals surface area contributed by atoms with Crippen molar-refractivity contribution in [3.05, 3.63) is 11.3 Å². The number of hydrogen-bond acceptors (Lipinski definition) is 4. The molecule has 1 aromatic rings. The third-order valence-corrected chi connectivity index (χ3v) is 4.02. The lowest BCUT2D eigenvalue weighted by molar-refractivity contribution is 0.336. The standard InChI is InChI=1S/C12H21N5/c1-2-16-6-4-9(8-16)17-12(13)10-3-5-14-7-11(10)15-17/h9,14H,2-8,13H2,1H3. The molecule has 0 aliphatic carbocycles. The molecule has 2 aliphatic heterocycles. The van der Waals surface area contributed by atoms with Crippen molar-refractivity contribution < 1.29 is 0 Å². The third kappa shape index (κ3) is 1.83. The van der Waals surface area contributed by atoms with Crippen molar-refractivity contribution in [2.24, 2.45) is 0 Å². The van der Waals surface area contributed by atoms with Crippen molar-refractivity contribution >= 4 is 5.82 Å². The molecule has 1 unspecified atom stereocenters. The molecule has 0 amide bonds. The predicted octanol–water partition coefficient (Wildman–Crippen LogP) is 0.378. The molecule has 3 N–H and O–H groups in total. The zero-order chi connectivity index (χ0) is 11.8. The number of nitrogens with zero attached hydrogens (tertiary/aromatic N) is 3. The quantitative estimate of drug-likeness (QED) is 0.778. The van der Waals surface area contributed by atoms with E-state index in [0.29, 0.717) is 6.04 Å². The molecule has 5 heteroatoms. The van der Waals surface area contributed by atoms with Gasteiger partial charge < -0.3 is 16.0 Å². The van der Waals surface area contributed by atoms with E-state index >= 15 is 0 Å². The Labute approximate surface area is 102 Å². The molecule has 94 valence electrons. The van der Waals surface area contributed by atoms with Crippen molar-refractivity contribution in [1.29, 1.82) is 0 Å². The minimum atomic E-state index is 0.473. The van der Waals surface area contributed by atoms with Crippen LogP contribution in [-0.4, -0.2) is 40.9 Å². The molecule has 1 fully saturated rings. The average molecular weight is 235 g/mol. The van der Waals surface area contributed by atoms with Crippen LogP contribution >= 0.6 is 0 Å². The number of nitrogen functional groups attached to an aromatic ring is 1. The molecule has 1 atom stereocenters. The van der Waals surface area contributed by atoms with E-state index in [1.54, 1.807) is 0 Å². The van der Waals surface area contributed by atoms with Gasteiger partial charge in [-0.15, -0.1) is 0 Å². The van der Waals surface area contributed by atoms with Gasteiger partial charge in [-0.2, -0.15) is 5.10 Å². The summed E-state index contributed by atoms with van der Waals surface area (Å²) in [7, 11) is 0. The average Bonchev–Trinajstić information content (AvgIpc) is 2.95. The Morgan fingerprint density at radius 2 is 2.41 bits per heavy atom. The van der Waals surface area contributed by atoms with Gasteiger partial charge in [0.2, 0.25) is 0 Å². The van der Waals surface area contributed by atoms with E-state index in [4.69, 9.17) is 10.8 Å². The molecule has 0 radical (unpaired) electrons. The lowest BCUT2D eigenvalue weighted by Crippen LogP contribution is -2.23. The lowest BCUT2D eigenvalue weighted by atomic mass is 10.1. The van der Waals surface area contributed by atoms with Crippen molar-refractivity contribution in [1.82, 2.24) is 20.0 Å². The minimum absolute atomic E-state index is 0.473. The molecule has 0 aromatic carbocycles. The first-order valence-electron chi connectivity index (χ1n) is 6.58. The summed E-state index contributed by atoms with van der Waals surface area (Å²) in [6.45, 7) is 7.49. The maximum absolute atomic E-state index is 6.25. The Kier molecular flexibility index (Phi) is 2.80. The highest BCUT2D eigenvalue weighted by Gasteiger charge is 2.27. The number of anilines is 1. The van der Waals surface area contributed by atoms with Crippen LogP contribution in [0.1, 0.15) is 30.6 Å². The van der Waals surface area contributed by atoms with Gasteiger partial charge in [0.05, 0.1) is 11.7 Å². The summed E-state index contributed by atoms with van der Waals surface area (Å²) in [6.07, 6.45) is 2.19. The number of fused-ring (bicyclic) bond motifs is 1. The van der Waals surface area contributed by atoms with Gasteiger partial charge in [-0.25, -0.2) is 4.68 Å². The molecule has 5 nitrogen and oxygen atoms in total. The molecule has 17 heavy (non-hydrogen) atoms. The van der Waals surface area contributed by atoms with Crippen LogP contribution in [0, 0.1) is 0 Å². The van der Waals surface area contributed by atoms with E-state index in [9.17, 15) is 0 Å². The van der Waals surface area contributed by atoms with E-state index in [-0.39, 0.29) is 0 Å². The first kappa shape index (κ1) is 11.0. The van der Waals surface area contributed by atoms with Gasteiger partial charge in [-0.3, -0.25) is 0 Å². The van der Waals surface area contributed by atoms with E-state index < -0.39 is 0 Å². The van der Waals surface area contributed by atoms with Crippen molar-refractivity contribution in [3.63, 3.8) is 0 Å². The van der Waals surface area contributed by atoms with E-state index in [0.717, 1.165) is 44.1 Å². The minimum Gasteiger partial charge on any atom is -0.384 e. The van der Waals surface area contributed by atoms with Crippen LogP contribution in [0.5, 0.6) is 0 Å². The second-order valence-electron chi connectivity index (χ2n) is 5.02. The molecule has 2 aliphatic rings.